The molecule has 88 valence electrons. The summed E-state index contributed by atoms with van der Waals surface area (Å²) in [4.78, 5) is 13.3. The molecule has 1 aromatic heterocycles. The van der Waals surface area contributed by atoms with E-state index in [1.807, 2.05) is 0 Å². The molecule has 0 aromatic carbocycles. The first-order chi connectivity index (χ1) is 7.29. The summed E-state index contributed by atoms with van der Waals surface area (Å²) in [5, 5.41) is 0. The fraction of sp³-hybridized carbons (Fsp3) is 0.250. The van der Waals surface area contributed by atoms with Gasteiger partial charge in [0.05, 0.1) is 11.1 Å². The Morgan fingerprint density at radius 1 is 1.38 bits per heavy atom. The van der Waals surface area contributed by atoms with Crippen LogP contribution in [0, 0.1) is 0 Å². The molecule has 0 spiro atoms. The highest BCUT2D eigenvalue weighted by molar-refractivity contribution is 9.10. The number of halogens is 6. The van der Waals surface area contributed by atoms with Gasteiger partial charge in [-0.3, -0.25) is 9.78 Å². The van der Waals surface area contributed by atoms with E-state index in [1.165, 1.54) is 0 Å². The Kier molecular flexibility index (Phi) is 3.61. The molecule has 0 N–H and O–H groups in total. The first-order valence-electron chi connectivity index (χ1n) is 3.78. The average molecular weight is 304 g/mol. The van der Waals surface area contributed by atoms with Gasteiger partial charge in [0.25, 0.3) is 6.43 Å². The van der Waals surface area contributed by atoms with Crippen LogP contribution in [-0.2, 0) is 6.18 Å². The number of hydrogen-bond donors (Lipinski definition) is 0. The predicted molar refractivity (Wildman–Crippen MR) is 47.3 cm³/mol. The quantitative estimate of drug-likeness (QED) is 0.617. The number of hydrogen-bond acceptors (Lipinski definition) is 2. The fourth-order valence-electron chi connectivity index (χ4n) is 1.01. The zero-order valence-electron chi connectivity index (χ0n) is 7.36. The summed E-state index contributed by atoms with van der Waals surface area (Å²) in [7, 11) is 0. The van der Waals surface area contributed by atoms with Crippen molar-refractivity contribution in [1.82, 2.24) is 4.98 Å². The smallest absolute Gasteiger partial charge is 0.298 e. The van der Waals surface area contributed by atoms with E-state index in [9.17, 15) is 26.7 Å². The molecule has 0 unspecified atom stereocenters. The normalized spacial score (nSPS) is 11.9. The van der Waals surface area contributed by atoms with E-state index in [-0.39, 0.29) is 6.29 Å². The number of aldehydes is 1. The second-order valence-electron chi connectivity index (χ2n) is 2.71. The summed E-state index contributed by atoms with van der Waals surface area (Å²) in [6.45, 7) is 0. The third-order valence-corrected chi connectivity index (χ3v) is 2.58. The Hall–Kier alpha value is -1.05. The molecular formula is C8H3BrF5NO. The maximum atomic E-state index is 12.3. The molecule has 0 atom stereocenters. The van der Waals surface area contributed by atoms with Gasteiger partial charge >= 0.3 is 6.18 Å². The van der Waals surface area contributed by atoms with Crippen LogP contribution < -0.4 is 0 Å². The molecule has 0 saturated heterocycles. The van der Waals surface area contributed by atoms with Crippen LogP contribution in [0.15, 0.2) is 10.7 Å². The van der Waals surface area contributed by atoms with E-state index in [2.05, 4.69) is 20.9 Å². The van der Waals surface area contributed by atoms with Crippen LogP contribution in [0.4, 0.5) is 22.0 Å². The third kappa shape index (κ3) is 2.37. The predicted octanol–water partition coefficient (Wildman–Crippen LogP) is 3.61. The molecule has 1 rings (SSSR count). The SMILES string of the molecule is O=Cc1c(C(F)(F)F)ncc(C(F)F)c1Br. The molecule has 0 fully saturated rings. The molecule has 0 aliphatic carbocycles. The lowest BCUT2D eigenvalue weighted by Gasteiger charge is -2.11. The number of carbonyl (C=O) groups is 1. The van der Waals surface area contributed by atoms with Crippen LogP contribution in [0.5, 0.6) is 0 Å². The summed E-state index contributed by atoms with van der Waals surface area (Å²) in [5.41, 5.74) is -3.17. The lowest BCUT2D eigenvalue weighted by atomic mass is 10.1. The standard InChI is InChI=1S/C8H3BrF5NO/c9-5-3(7(10)11)1-15-6(4(5)2-16)8(12,13)14/h1-2,7H. The summed E-state index contributed by atoms with van der Waals surface area (Å²) >= 11 is 2.53. The van der Waals surface area contributed by atoms with Crippen LogP contribution in [0.2, 0.25) is 0 Å². The van der Waals surface area contributed by atoms with Gasteiger partial charge in [0.1, 0.15) is 0 Å². The van der Waals surface area contributed by atoms with Crippen molar-refractivity contribution in [3.8, 4) is 0 Å². The minimum Gasteiger partial charge on any atom is -0.298 e. The molecule has 0 aliphatic rings. The third-order valence-electron chi connectivity index (χ3n) is 1.70. The summed E-state index contributed by atoms with van der Waals surface area (Å²) in [6, 6.07) is 0. The maximum absolute atomic E-state index is 12.3. The van der Waals surface area contributed by atoms with E-state index in [1.54, 1.807) is 0 Å². The highest BCUT2D eigenvalue weighted by Crippen LogP contribution is 2.36. The zero-order chi connectivity index (χ0) is 12.5. The van der Waals surface area contributed by atoms with Crippen molar-refractivity contribution in [3.05, 3.63) is 27.5 Å². The van der Waals surface area contributed by atoms with Gasteiger partial charge in [-0.05, 0) is 15.9 Å². The highest BCUT2D eigenvalue weighted by atomic mass is 79.9. The van der Waals surface area contributed by atoms with Gasteiger partial charge in [0.15, 0.2) is 12.0 Å². The number of carbonyl (C=O) groups excluding carboxylic acids is 1. The second kappa shape index (κ2) is 4.44. The Bertz CT molecular complexity index is 418. The van der Waals surface area contributed by atoms with Crippen LogP contribution in [0.25, 0.3) is 0 Å². The van der Waals surface area contributed by atoms with E-state index in [0.717, 1.165) is 0 Å². The minimum absolute atomic E-state index is 0.161. The molecule has 0 bridgehead atoms. The van der Waals surface area contributed by atoms with Crippen LogP contribution in [0.3, 0.4) is 0 Å². The van der Waals surface area contributed by atoms with Gasteiger partial charge < -0.3 is 0 Å². The number of nitrogens with zero attached hydrogens (tertiary/aromatic N) is 1. The van der Waals surface area contributed by atoms with Crippen molar-refractivity contribution in [2.24, 2.45) is 0 Å². The molecule has 0 aliphatic heterocycles. The molecule has 1 heterocycles. The van der Waals surface area contributed by atoms with Gasteiger partial charge in [-0.2, -0.15) is 13.2 Å². The van der Waals surface area contributed by atoms with Gasteiger partial charge in [-0.25, -0.2) is 8.78 Å². The highest BCUT2D eigenvalue weighted by Gasteiger charge is 2.37. The van der Waals surface area contributed by atoms with Gasteiger partial charge in [0.2, 0.25) is 0 Å². The van der Waals surface area contributed by atoms with Gasteiger partial charge in [0, 0.05) is 10.7 Å². The minimum atomic E-state index is -4.86. The van der Waals surface area contributed by atoms with Crippen molar-refractivity contribution in [2.45, 2.75) is 12.6 Å². The fourth-order valence-corrected chi connectivity index (χ4v) is 1.56. The first kappa shape index (κ1) is 13.0. The number of rotatable bonds is 2. The Labute approximate surface area is 94.6 Å². The van der Waals surface area contributed by atoms with E-state index < -0.39 is 33.9 Å². The molecule has 1 aromatic rings. The zero-order valence-corrected chi connectivity index (χ0v) is 8.94. The van der Waals surface area contributed by atoms with E-state index in [4.69, 9.17) is 0 Å². The Morgan fingerprint density at radius 2 is 1.94 bits per heavy atom. The number of pyridine rings is 1. The van der Waals surface area contributed by atoms with E-state index in [0.29, 0.717) is 6.20 Å². The van der Waals surface area contributed by atoms with Crippen LogP contribution in [0.1, 0.15) is 28.0 Å². The number of aromatic nitrogens is 1. The Morgan fingerprint density at radius 3 is 2.31 bits per heavy atom. The molecular weight excluding hydrogens is 301 g/mol. The van der Waals surface area contributed by atoms with Gasteiger partial charge in [-0.15, -0.1) is 0 Å². The topological polar surface area (TPSA) is 30.0 Å². The molecule has 2 nitrogen and oxygen atoms in total. The van der Waals surface area contributed by atoms with E-state index >= 15 is 0 Å². The lowest BCUT2D eigenvalue weighted by Crippen LogP contribution is -2.13. The second-order valence-corrected chi connectivity index (χ2v) is 3.50. The monoisotopic (exact) mass is 303 g/mol. The largest absolute Gasteiger partial charge is 0.434 e. The lowest BCUT2D eigenvalue weighted by molar-refractivity contribution is -0.141. The summed E-state index contributed by atoms with van der Waals surface area (Å²) in [6.07, 6.45) is -7.64. The Balaban J connectivity index is 3.47. The maximum Gasteiger partial charge on any atom is 0.434 e. The molecule has 16 heavy (non-hydrogen) atoms. The summed E-state index contributed by atoms with van der Waals surface area (Å²) in [5.74, 6) is 0. The average Bonchev–Trinajstić information content (AvgIpc) is 2.15. The van der Waals surface area contributed by atoms with Crippen molar-refractivity contribution < 1.29 is 26.7 Å². The van der Waals surface area contributed by atoms with Crippen molar-refractivity contribution in [2.75, 3.05) is 0 Å². The van der Waals surface area contributed by atoms with Crippen molar-refractivity contribution in [3.63, 3.8) is 0 Å². The molecule has 8 heteroatoms. The molecule has 0 amide bonds. The molecule has 0 radical (unpaired) electrons. The van der Waals surface area contributed by atoms with Crippen molar-refractivity contribution >= 4 is 22.2 Å². The van der Waals surface area contributed by atoms with Crippen LogP contribution >= 0.6 is 15.9 Å². The first-order valence-corrected chi connectivity index (χ1v) is 4.57. The summed E-state index contributed by atoms with van der Waals surface area (Å²) < 4.78 is 61.0. The molecule has 0 saturated carbocycles. The van der Waals surface area contributed by atoms with Gasteiger partial charge in [-0.1, -0.05) is 0 Å². The number of alkyl halides is 5. The van der Waals surface area contributed by atoms with Crippen LogP contribution in [-0.4, -0.2) is 11.3 Å². The van der Waals surface area contributed by atoms with Crippen molar-refractivity contribution in [1.29, 1.82) is 0 Å².